The van der Waals surface area contributed by atoms with E-state index in [1.54, 1.807) is 0 Å². The Morgan fingerprint density at radius 1 is 1.12 bits per heavy atom. The Hall–Kier alpha value is -0.130. The number of esters is 1. The molecule has 25 heavy (non-hydrogen) atoms. The minimum absolute atomic E-state index is 0.0387. The van der Waals surface area contributed by atoms with Crippen molar-refractivity contribution in [3.8, 4) is 0 Å². The summed E-state index contributed by atoms with van der Waals surface area (Å²) in [5, 5.41) is 21.1. The first-order chi connectivity index (χ1) is 11.8. The zero-order valence-electron chi connectivity index (χ0n) is 15.2. The van der Waals surface area contributed by atoms with E-state index in [2.05, 4.69) is 22.9 Å². The quantitative estimate of drug-likeness (QED) is 0.510. The van der Waals surface area contributed by atoms with Gasteiger partial charge in [0.15, 0.2) is 0 Å². The fraction of sp³-hybridized carbons (Fsp3) is 0.950. The molecule has 4 nitrogen and oxygen atoms in total. The lowest BCUT2D eigenvalue weighted by molar-refractivity contribution is -0.165. The molecule has 4 aliphatic carbocycles. The van der Waals surface area contributed by atoms with Gasteiger partial charge in [-0.15, -0.1) is 0 Å². The highest BCUT2D eigenvalue weighted by atomic mass is 79.9. The van der Waals surface area contributed by atoms with E-state index in [0.717, 1.165) is 44.9 Å². The first-order valence-corrected chi connectivity index (χ1v) is 10.9. The smallest absolute Gasteiger partial charge is 0.302 e. The minimum atomic E-state index is -0.281. The number of aliphatic hydroxyl groups excluding tert-OH is 2. The minimum Gasteiger partial charge on any atom is -0.461 e. The molecule has 2 N–H and O–H groups in total. The van der Waals surface area contributed by atoms with Crippen molar-refractivity contribution in [1.29, 1.82) is 0 Å². The van der Waals surface area contributed by atoms with Gasteiger partial charge in [0.05, 0.1) is 17.0 Å². The maximum atomic E-state index is 11.6. The van der Waals surface area contributed by atoms with Crippen LogP contribution in [-0.4, -0.2) is 39.3 Å². The van der Waals surface area contributed by atoms with Gasteiger partial charge in [0.1, 0.15) is 6.10 Å². The lowest BCUT2D eigenvalue weighted by atomic mass is 9.49. The molecule has 5 unspecified atom stereocenters. The second kappa shape index (κ2) is 6.49. The average molecular weight is 415 g/mol. The number of halogens is 1. The second-order valence-electron chi connectivity index (χ2n) is 9.37. The third kappa shape index (κ3) is 2.89. The number of hydrogen-bond donors (Lipinski definition) is 2. The number of carbonyl (C=O) groups is 1. The third-order valence-corrected chi connectivity index (χ3v) is 8.98. The van der Waals surface area contributed by atoms with Crippen molar-refractivity contribution in [1.82, 2.24) is 0 Å². The van der Waals surface area contributed by atoms with Crippen LogP contribution in [0.25, 0.3) is 0 Å². The summed E-state index contributed by atoms with van der Waals surface area (Å²) < 4.78 is 5.73. The zero-order chi connectivity index (χ0) is 17.9. The van der Waals surface area contributed by atoms with E-state index < -0.39 is 0 Å². The number of ether oxygens (including phenoxy) is 1. The maximum absolute atomic E-state index is 11.6. The monoisotopic (exact) mass is 414 g/mol. The molecule has 0 saturated heterocycles. The van der Waals surface area contributed by atoms with E-state index in [4.69, 9.17) is 4.74 Å². The predicted octanol–water partition coefficient (Wildman–Crippen LogP) is 3.28. The van der Waals surface area contributed by atoms with Crippen molar-refractivity contribution >= 4 is 21.9 Å². The van der Waals surface area contributed by atoms with Gasteiger partial charge in [-0.1, -0.05) is 22.9 Å². The highest BCUT2D eigenvalue weighted by Crippen LogP contribution is 2.63. The maximum Gasteiger partial charge on any atom is 0.302 e. The molecule has 4 aliphatic rings. The fourth-order valence-electron chi connectivity index (χ4n) is 7.16. The van der Waals surface area contributed by atoms with Crippen molar-refractivity contribution in [3.05, 3.63) is 0 Å². The molecule has 0 aromatic rings. The number of carbonyl (C=O) groups excluding carboxylic acids is 1. The van der Waals surface area contributed by atoms with E-state index in [-0.39, 0.29) is 34.5 Å². The van der Waals surface area contributed by atoms with E-state index in [0.29, 0.717) is 29.6 Å². The van der Waals surface area contributed by atoms with Crippen LogP contribution in [0.4, 0.5) is 0 Å². The zero-order valence-corrected chi connectivity index (χ0v) is 16.8. The van der Waals surface area contributed by atoms with Crippen LogP contribution in [-0.2, 0) is 9.53 Å². The number of rotatable bonds is 1. The van der Waals surface area contributed by atoms with Gasteiger partial charge in [-0.2, -0.15) is 0 Å². The van der Waals surface area contributed by atoms with Crippen LogP contribution < -0.4 is 0 Å². The van der Waals surface area contributed by atoms with Gasteiger partial charge >= 0.3 is 5.97 Å². The van der Waals surface area contributed by atoms with Gasteiger partial charge in [-0.3, -0.25) is 4.79 Å². The topological polar surface area (TPSA) is 66.8 Å². The summed E-state index contributed by atoms with van der Waals surface area (Å²) >= 11 is 3.78. The molecule has 0 heterocycles. The molecule has 0 amide bonds. The Morgan fingerprint density at radius 2 is 1.88 bits per heavy atom. The molecule has 4 rings (SSSR count). The van der Waals surface area contributed by atoms with Gasteiger partial charge < -0.3 is 14.9 Å². The fourth-order valence-corrected chi connectivity index (χ4v) is 8.27. The first-order valence-electron chi connectivity index (χ1n) is 9.98. The standard InChI is InChI=1S/C20H31BrO4/c1-10(22)25-19-16(21)9-15-18-14(5-6-20(15,19)2)13-4-3-12(23)7-11(13)8-17(18)24/h11-19,23-24H,3-9H2,1-2H3/t11?,12-,13-,14?,15?,16+,17?,18?,19-,20-/m0/s1. The van der Waals surface area contributed by atoms with Crippen LogP contribution in [0.2, 0.25) is 0 Å². The van der Waals surface area contributed by atoms with Crippen LogP contribution in [0.3, 0.4) is 0 Å². The molecule has 10 atom stereocenters. The van der Waals surface area contributed by atoms with E-state index in [1.807, 2.05) is 0 Å². The average Bonchev–Trinajstić information content (AvgIpc) is 2.78. The number of fused-ring (bicyclic) bond motifs is 5. The van der Waals surface area contributed by atoms with Gasteiger partial charge in [0.25, 0.3) is 0 Å². The van der Waals surface area contributed by atoms with Crippen molar-refractivity contribution in [2.75, 3.05) is 0 Å². The lowest BCUT2D eigenvalue weighted by Crippen LogP contribution is -2.55. The Morgan fingerprint density at radius 3 is 2.60 bits per heavy atom. The van der Waals surface area contributed by atoms with Gasteiger partial charge in [0, 0.05) is 12.3 Å². The van der Waals surface area contributed by atoms with Crippen LogP contribution >= 0.6 is 15.9 Å². The Balaban J connectivity index is 1.60. The Kier molecular flexibility index (Phi) is 4.73. The summed E-state index contributed by atoms with van der Waals surface area (Å²) in [6.45, 7) is 3.77. The molecular formula is C20H31BrO4. The van der Waals surface area contributed by atoms with Crippen molar-refractivity contribution in [2.45, 2.75) is 81.9 Å². The largest absolute Gasteiger partial charge is 0.461 e. The van der Waals surface area contributed by atoms with Crippen LogP contribution in [0, 0.1) is 35.0 Å². The molecule has 0 aromatic heterocycles. The molecule has 0 radical (unpaired) electrons. The highest BCUT2D eigenvalue weighted by molar-refractivity contribution is 9.09. The molecular weight excluding hydrogens is 384 g/mol. The predicted molar refractivity (Wildman–Crippen MR) is 98.2 cm³/mol. The first kappa shape index (κ1) is 18.2. The highest BCUT2D eigenvalue weighted by Gasteiger charge is 2.62. The number of hydrogen-bond acceptors (Lipinski definition) is 4. The van der Waals surface area contributed by atoms with Crippen molar-refractivity contribution in [3.63, 3.8) is 0 Å². The van der Waals surface area contributed by atoms with Crippen LogP contribution in [0.1, 0.15) is 58.8 Å². The summed E-state index contributed by atoms with van der Waals surface area (Å²) in [5.41, 5.74) is -0.0387. The molecule has 4 saturated carbocycles. The van der Waals surface area contributed by atoms with Crippen molar-refractivity contribution in [2.24, 2.45) is 35.0 Å². The van der Waals surface area contributed by atoms with Gasteiger partial charge in [-0.05, 0) is 74.5 Å². The molecule has 5 heteroatoms. The molecule has 142 valence electrons. The summed E-state index contributed by atoms with van der Waals surface area (Å²) in [6.07, 6.45) is 6.34. The molecule has 0 aromatic carbocycles. The van der Waals surface area contributed by atoms with E-state index in [1.165, 1.54) is 6.92 Å². The molecule has 0 bridgehead atoms. The van der Waals surface area contributed by atoms with E-state index in [9.17, 15) is 15.0 Å². The summed E-state index contributed by atoms with van der Waals surface area (Å²) in [6, 6.07) is 0. The molecule has 0 spiro atoms. The number of alkyl halides is 1. The summed E-state index contributed by atoms with van der Waals surface area (Å²) in [5.74, 6) is 2.22. The molecule has 4 fully saturated rings. The number of aliphatic hydroxyl groups is 2. The van der Waals surface area contributed by atoms with E-state index >= 15 is 0 Å². The second-order valence-corrected chi connectivity index (χ2v) is 10.5. The third-order valence-electron chi connectivity index (χ3n) is 8.12. The Bertz CT molecular complexity index is 540. The van der Waals surface area contributed by atoms with Crippen LogP contribution in [0.5, 0.6) is 0 Å². The van der Waals surface area contributed by atoms with Gasteiger partial charge in [-0.25, -0.2) is 0 Å². The molecule has 0 aliphatic heterocycles. The van der Waals surface area contributed by atoms with Crippen molar-refractivity contribution < 1.29 is 19.7 Å². The SMILES string of the molecule is CC(=O)O[C@H]1[C@H](Br)CC2C3C(O)CC4C[C@@H](O)CC[C@@H]4C3CC[C@@]21C. The summed E-state index contributed by atoms with van der Waals surface area (Å²) in [4.78, 5) is 11.8. The van der Waals surface area contributed by atoms with Crippen LogP contribution in [0.15, 0.2) is 0 Å². The van der Waals surface area contributed by atoms with Gasteiger partial charge in [0.2, 0.25) is 0 Å². The lowest BCUT2D eigenvalue weighted by Gasteiger charge is -2.57. The Labute approximate surface area is 158 Å². The normalized spacial score (nSPS) is 55.0. The summed E-state index contributed by atoms with van der Waals surface area (Å²) in [7, 11) is 0.